The Bertz CT molecular complexity index is 606. The molecule has 1 aromatic carbocycles. The minimum atomic E-state index is -0.0122. The van der Waals surface area contributed by atoms with Gasteiger partial charge in [-0.25, -0.2) is 0 Å². The molecule has 0 fully saturated rings. The SMILES string of the molecule is NC(=NO)c1ccc(CC(=O)NCCc2ccsc2)cc1. The van der Waals surface area contributed by atoms with Crippen molar-refractivity contribution >= 4 is 23.1 Å². The van der Waals surface area contributed by atoms with E-state index in [-0.39, 0.29) is 11.7 Å². The largest absolute Gasteiger partial charge is 0.409 e. The summed E-state index contributed by atoms with van der Waals surface area (Å²) in [5.41, 5.74) is 8.23. The number of amidine groups is 1. The van der Waals surface area contributed by atoms with Gasteiger partial charge in [-0.15, -0.1) is 0 Å². The summed E-state index contributed by atoms with van der Waals surface area (Å²) >= 11 is 1.66. The van der Waals surface area contributed by atoms with E-state index >= 15 is 0 Å². The Morgan fingerprint density at radius 2 is 2.00 bits per heavy atom. The minimum Gasteiger partial charge on any atom is -0.409 e. The van der Waals surface area contributed by atoms with Gasteiger partial charge in [0.1, 0.15) is 0 Å². The van der Waals surface area contributed by atoms with Crippen LogP contribution in [0.4, 0.5) is 0 Å². The van der Waals surface area contributed by atoms with Crippen molar-refractivity contribution in [1.29, 1.82) is 0 Å². The molecule has 0 unspecified atom stereocenters. The second-order valence-corrected chi connectivity index (χ2v) is 5.37. The number of rotatable bonds is 6. The molecule has 1 amide bonds. The van der Waals surface area contributed by atoms with Crippen LogP contribution in [-0.2, 0) is 17.6 Å². The van der Waals surface area contributed by atoms with Crippen molar-refractivity contribution in [3.63, 3.8) is 0 Å². The lowest BCUT2D eigenvalue weighted by Crippen LogP contribution is -2.27. The molecule has 110 valence electrons. The molecule has 0 aliphatic heterocycles. The van der Waals surface area contributed by atoms with Gasteiger partial charge in [0.15, 0.2) is 5.84 Å². The van der Waals surface area contributed by atoms with Crippen molar-refractivity contribution in [2.45, 2.75) is 12.8 Å². The van der Waals surface area contributed by atoms with E-state index in [4.69, 9.17) is 10.9 Å². The molecule has 0 radical (unpaired) electrons. The summed E-state index contributed by atoms with van der Waals surface area (Å²) in [6, 6.07) is 9.10. The fraction of sp³-hybridized carbons (Fsp3) is 0.200. The highest BCUT2D eigenvalue weighted by molar-refractivity contribution is 7.07. The Balaban J connectivity index is 1.79. The van der Waals surface area contributed by atoms with E-state index in [2.05, 4.69) is 21.9 Å². The summed E-state index contributed by atoms with van der Waals surface area (Å²) in [4.78, 5) is 11.8. The number of carbonyl (C=O) groups is 1. The molecular weight excluding hydrogens is 286 g/mol. The highest BCUT2D eigenvalue weighted by atomic mass is 32.1. The molecule has 0 saturated heterocycles. The van der Waals surface area contributed by atoms with Gasteiger partial charge in [-0.2, -0.15) is 11.3 Å². The molecule has 4 N–H and O–H groups in total. The van der Waals surface area contributed by atoms with Gasteiger partial charge >= 0.3 is 0 Å². The van der Waals surface area contributed by atoms with Crippen LogP contribution < -0.4 is 11.1 Å². The molecule has 2 aromatic rings. The van der Waals surface area contributed by atoms with Gasteiger partial charge in [0.05, 0.1) is 6.42 Å². The van der Waals surface area contributed by atoms with Gasteiger partial charge in [-0.1, -0.05) is 29.4 Å². The first kappa shape index (κ1) is 15.1. The Kier molecular flexibility index (Phi) is 5.34. The van der Waals surface area contributed by atoms with Gasteiger partial charge in [-0.3, -0.25) is 4.79 Å². The molecule has 21 heavy (non-hydrogen) atoms. The lowest BCUT2D eigenvalue weighted by molar-refractivity contribution is -0.120. The maximum Gasteiger partial charge on any atom is 0.224 e. The van der Waals surface area contributed by atoms with Crippen LogP contribution >= 0.6 is 11.3 Å². The van der Waals surface area contributed by atoms with Gasteiger partial charge in [0.25, 0.3) is 0 Å². The van der Waals surface area contributed by atoms with Crippen molar-refractivity contribution in [3.05, 3.63) is 57.8 Å². The fourth-order valence-corrected chi connectivity index (χ4v) is 2.58. The highest BCUT2D eigenvalue weighted by Gasteiger charge is 2.04. The third kappa shape index (κ3) is 4.61. The lowest BCUT2D eigenvalue weighted by Gasteiger charge is -2.05. The molecule has 5 nitrogen and oxygen atoms in total. The van der Waals surface area contributed by atoms with E-state index in [1.807, 2.05) is 5.38 Å². The lowest BCUT2D eigenvalue weighted by atomic mass is 10.1. The van der Waals surface area contributed by atoms with Crippen LogP contribution in [0.1, 0.15) is 16.7 Å². The number of benzene rings is 1. The summed E-state index contributed by atoms with van der Waals surface area (Å²) in [6.07, 6.45) is 1.16. The summed E-state index contributed by atoms with van der Waals surface area (Å²) in [5, 5.41) is 18.5. The van der Waals surface area contributed by atoms with E-state index in [9.17, 15) is 4.79 Å². The molecule has 0 aliphatic carbocycles. The molecule has 1 aromatic heterocycles. The molecule has 1 heterocycles. The monoisotopic (exact) mass is 303 g/mol. The molecule has 6 heteroatoms. The maximum absolute atomic E-state index is 11.8. The maximum atomic E-state index is 11.8. The van der Waals surface area contributed by atoms with Crippen molar-refractivity contribution in [3.8, 4) is 0 Å². The van der Waals surface area contributed by atoms with Crippen molar-refractivity contribution in [2.24, 2.45) is 10.9 Å². The Hall–Kier alpha value is -2.34. The van der Waals surface area contributed by atoms with E-state index in [1.165, 1.54) is 5.56 Å². The summed E-state index contributed by atoms with van der Waals surface area (Å²) in [5.74, 6) is 0.0449. The standard InChI is InChI=1S/C15H17N3O2S/c16-15(18-20)13-3-1-11(2-4-13)9-14(19)17-7-5-12-6-8-21-10-12/h1-4,6,8,10,20H,5,7,9H2,(H2,16,18)(H,17,19). The van der Waals surface area contributed by atoms with Gasteiger partial charge in [0.2, 0.25) is 5.91 Å². The first-order valence-electron chi connectivity index (χ1n) is 6.53. The zero-order valence-corrected chi connectivity index (χ0v) is 12.3. The van der Waals surface area contributed by atoms with E-state index in [0.29, 0.717) is 18.5 Å². The van der Waals surface area contributed by atoms with Gasteiger partial charge < -0.3 is 16.3 Å². The number of oxime groups is 1. The zero-order valence-electron chi connectivity index (χ0n) is 11.5. The molecule has 0 bridgehead atoms. The van der Waals surface area contributed by atoms with Gasteiger partial charge in [-0.05, 0) is 34.4 Å². The average molecular weight is 303 g/mol. The highest BCUT2D eigenvalue weighted by Crippen LogP contribution is 2.07. The molecule has 2 rings (SSSR count). The summed E-state index contributed by atoms with van der Waals surface area (Å²) < 4.78 is 0. The fourth-order valence-electron chi connectivity index (χ4n) is 1.88. The van der Waals surface area contributed by atoms with Crippen LogP contribution in [0.15, 0.2) is 46.2 Å². The second-order valence-electron chi connectivity index (χ2n) is 4.59. The number of nitrogens with two attached hydrogens (primary N) is 1. The van der Waals surface area contributed by atoms with Crippen LogP contribution in [0.5, 0.6) is 0 Å². The summed E-state index contributed by atoms with van der Waals surface area (Å²) in [6.45, 7) is 0.637. The van der Waals surface area contributed by atoms with Crippen LogP contribution in [0.3, 0.4) is 0 Å². The van der Waals surface area contributed by atoms with E-state index in [1.54, 1.807) is 35.6 Å². The smallest absolute Gasteiger partial charge is 0.224 e. The third-order valence-corrected chi connectivity index (χ3v) is 3.77. The number of carbonyl (C=O) groups excluding carboxylic acids is 1. The number of nitrogens with one attached hydrogen (secondary N) is 1. The van der Waals surface area contributed by atoms with Crippen LogP contribution in [-0.4, -0.2) is 23.5 Å². The Labute approximate surface area is 127 Å². The Morgan fingerprint density at radius 1 is 1.24 bits per heavy atom. The van der Waals surface area contributed by atoms with Crippen LogP contribution in [0, 0.1) is 0 Å². The van der Waals surface area contributed by atoms with E-state index < -0.39 is 0 Å². The van der Waals surface area contributed by atoms with Crippen LogP contribution in [0.2, 0.25) is 0 Å². The minimum absolute atomic E-state index is 0.0122. The molecule has 0 saturated carbocycles. The normalized spacial score (nSPS) is 11.3. The topological polar surface area (TPSA) is 87.7 Å². The number of hydrogen-bond donors (Lipinski definition) is 3. The first-order valence-corrected chi connectivity index (χ1v) is 7.48. The zero-order chi connectivity index (χ0) is 15.1. The van der Waals surface area contributed by atoms with Crippen molar-refractivity contribution < 1.29 is 10.0 Å². The number of amides is 1. The van der Waals surface area contributed by atoms with E-state index in [0.717, 1.165) is 12.0 Å². The predicted octanol–water partition coefficient (Wildman–Crippen LogP) is 1.74. The molecule has 0 aliphatic rings. The second kappa shape index (κ2) is 7.44. The van der Waals surface area contributed by atoms with Crippen molar-refractivity contribution in [2.75, 3.05) is 6.54 Å². The number of hydrogen-bond acceptors (Lipinski definition) is 4. The summed E-state index contributed by atoms with van der Waals surface area (Å²) in [7, 11) is 0. The van der Waals surface area contributed by atoms with Crippen LogP contribution in [0.25, 0.3) is 0 Å². The molecule has 0 spiro atoms. The molecular formula is C15H17N3O2S. The first-order chi connectivity index (χ1) is 10.2. The Morgan fingerprint density at radius 3 is 2.62 bits per heavy atom. The predicted molar refractivity (Wildman–Crippen MR) is 83.7 cm³/mol. The number of nitrogens with zero attached hydrogens (tertiary/aromatic N) is 1. The molecule has 0 atom stereocenters. The van der Waals surface area contributed by atoms with Gasteiger partial charge in [0, 0.05) is 12.1 Å². The quantitative estimate of drug-likeness (QED) is 0.329. The number of thiophene rings is 1. The average Bonchev–Trinajstić information content (AvgIpc) is 3.00. The van der Waals surface area contributed by atoms with Crippen molar-refractivity contribution in [1.82, 2.24) is 5.32 Å². The third-order valence-electron chi connectivity index (χ3n) is 3.04.